The minimum atomic E-state index is -0.231. The molecule has 0 saturated carbocycles. The number of halogens is 2. The molecule has 4 heteroatoms. The van der Waals surface area contributed by atoms with E-state index in [4.69, 9.17) is 23.2 Å². The van der Waals surface area contributed by atoms with Gasteiger partial charge in [-0.05, 0) is 50.4 Å². The predicted molar refractivity (Wildman–Crippen MR) is 78.4 cm³/mol. The van der Waals surface area contributed by atoms with Crippen molar-refractivity contribution in [3.05, 3.63) is 33.8 Å². The van der Waals surface area contributed by atoms with Crippen molar-refractivity contribution in [1.82, 2.24) is 5.32 Å². The first-order valence-corrected chi connectivity index (χ1v) is 7.16. The standard InChI is InChI=1S/C14H21Cl2NO/c1-3-14(17-8-4-5-10(2)18)12-7-6-11(15)9-13(12)16/h6-7,9-10,14,17-18H,3-5,8H2,1-2H3. The zero-order chi connectivity index (χ0) is 13.5. The molecule has 102 valence electrons. The van der Waals surface area contributed by atoms with Crippen LogP contribution in [0, 0.1) is 0 Å². The topological polar surface area (TPSA) is 32.3 Å². The Morgan fingerprint density at radius 2 is 2.06 bits per heavy atom. The van der Waals surface area contributed by atoms with Gasteiger partial charge in [-0.2, -0.15) is 0 Å². The number of nitrogens with one attached hydrogen (secondary N) is 1. The smallest absolute Gasteiger partial charge is 0.0512 e. The molecule has 0 amide bonds. The lowest BCUT2D eigenvalue weighted by Gasteiger charge is -2.19. The van der Waals surface area contributed by atoms with Crippen molar-refractivity contribution in [2.75, 3.05) is 6.54 Å². The fourth-order valence-corrected chi connectivity index (χ4v) is 2.47. The van der Waals surface area contributed by atoms with Crippen molar-refractivity contribution in [2.24, 2.45) is 0 Å². The summed E-state index contributed by atoms with van der Waals surface area (Å²) in [6.07, 6.45) is 2.51. The van der Waals surface area contributed by atoms with Crippen LogP contribution in [0.25, 0.3) is 0 Å². The van der Waals surface area contributed by atoms with E-state index in [1.165, 1.54) is 0 Å². The van der Waals surface area contributed by atoms with Crippen LogP contribution < -0.4 is 5.32 Å². The number of hydrogen-bond donors (Lipinski definition) is 2. The summed E-state index contributed by atoms with van der Waals surface area (Å²) in [6, 6.07) is 5.85. The maximum atomic E-state index is 9.20. The SMILES string of the molecule is CCC(NCCCC(C)O)c1ccc(Cl)cc1Cl. The van der Waals surface area contributed by atoms with E-state index in [1.807, 2.05) is 19.1 Å². The summed E-state index contributed by atoms with van der Waals surface area (Å²) in [4.78, 5) is 0. The fourth-order valence-electron chi connectivity index (χ4n) is 1.93. The van der Waals surface area contributed by atoms with Gasteiger partial charge in [0.15, 0.2) is 0 Å². The molecule has 18 heavy (non-hydrogen) atoms. The number of aliphatic hydroxyl groups excluding tert-OH is 1. The normalized spacial score (nSPS) is 14.5. The van der Waals surface area contributed by atoms with E-state index in [-0.39, 0.29) is 12.1 Å². The first-order chi connectivity index (χ1) is 8.54. The van der Waals surface area contributed by atoms with Gasteiger partial charge >= 0.3 is 0 Å². The van der Waals surface area contributed by atoms with Crippen LogP contribution in [0.1, 0.15) is 44.7 Å². The van der Waals surface area contributed by atoms with Crippen LogP contribution in [-0.2, 0) is 0 Å². The van der Waals surface area contributed by atoms with Crippen molar-refractivity contribution in [3.8, 4) is 0 Å². The third-order valence-electron chi connectivity index (χ3n) is 2.94. The highest BCUT2D eigenvalue weighted by atomic mass is 35.5. The highest BCUT2D eigenvalue weighted by Crippen LogP contribution is 2.27. The molecule has 0 bridgehead atoms. The molecule has 1 aromatic carbocycles. The van der Waals surface area contributed by atoms with Gasteiger partial charge in [-0.3, -0.25) is 0 Å². The quantitative estimate of drug-likeness (QED) is 0.738. The molecule has 2 unspecified atom stereocenters. The highest BCUT2D eigenvalue weighted by molar-refractivity contribution is 6.35. The molecule has 0 aliphatic heterocycles. The maximum Gasteiger partial charge on any atom is 0.0512 e. The van der Waals surface area contributed by atoms with Crippen LogP contribution in [0.5, 0.6) is 0 Å². The van der Waals surface area contributed by atoms with Gasteiger partial charge in [0.1, 0.15) is 0 Å². The third kappa shape index (κ3) is 5.15. The minimum absolute atomic E-state index is 0.231. The van der Waals surface area contributed by atoms with Crippen molar-refractivity contribution >= 4 is 23.2 Å². The van der Waals surface area contributed by atoms with Gasteiger partial charge in [0.05, 0.1) is 6.10 Å². The zero-order valence-electron chi connectivity index (χ0n) is 10.9. The van der Waals surface area contributed by atoms with E-state index in [0.717, 1.165) is 31.4 Å². The van der Waals surface area contributed by atoms with Gasteiger partial charge in [0.25, 0.3) is 0 Å². The summed E-state index contributed by atoms with van der Waals surface area (Å²) in [6.45, 7) is 4.81. The van der Waals surface area contributed by atoms with Crippen molar-refractivity contribution in [3.63, 3.8) is 0 Å². The second kappa shape index (κ2) is 8.00. The molecule has 0 spiro atoms. The summed E-state index contributed by atoms with van der Waals surface area (Å²) < 4.78 is 0. The van der Waals surface area contributed by atoms with E-state index in [2.05, 4.69) is 12.2 Å². The Morgan fingerprint density at radius 3 is 2.61 bits per heavy atom. The Balaban J connectivity index is 2.54. The Kier molecular flexibility index (Phi) is 7.02. The first-order valence-electron chi connectivity index (χ1n) is 6.41. The number of aliphatic hydroxyl groups is 1. The minimum Gasteiger partial charge on any atom is -0.393 e. The molecule has 0 radical (unpaired) electrons. The van der Waals surface area contributed by atoms with Crippen molar-refractivity contribution in [1.29, 1.82) is 0 Å². The van der Waals surface area contributed by atoms with Gasteiger partial charge in [-0.1, -0.05) is 36.2 Å². The number of hydrogen-bond acceptors (Lipinski definition) is 2. The monoisotopic (exact) mass is 289 g/mol. The second-order valence-corrected chi connectivity index (χ2v) is 5.42. The predicted octanol–water partition coefficient (Wildman–Crippen LogP) is 4.20. The average Bonchev–Trinajstić information content (AvgIpc) is 2.30. The van der Waals surface area contributed by atoms with Crippen molar-refractivity contribution in [2.45, 2.75) is 45.3 Å². The van der Waals surface area contributed by atoms with E-state index in [1.54, 1.807) is 6.07 Å². The molecule has 2 N–H and O–H groups in total. The van der Waals surface area contributed by atoms with E-state index < -0.39 is 0 Å². The molecule has 0 aliphatic rings. The van der Waals surface area contributed by atoms with Crippen LogP contribution >= 0.6 is 23.2 Å². The maximum absolute atomic E-state index is 9.20. The van der Waals surface area contributed by atoms with Crippen LogP contribution in [0.3, 0.4) is 0 Å². The lowest BCUT2D eigenvalue weighted by atomic mass is 10.0. The van der Waals surface area contributed by atoms with Crippen LogP contribution in [0.4, 0.5) is 0 Å². The summed E-state index contributed by atoms with van der Waals surface area (Å²) >= 11 is 12.1. The average molecular weight is 290 g/mol. The van der Waals surface area contributed by atoms with Crippen molar-refractivity contribution < 1.29 is 5.11 Å². The Morgan fingerprint density at radius 1 is 1.33 bits per heavy atom. The van der Waals surface area contributed by atoms with Gasteiger partial charge in [0.2, 0.25) is 0 Å². The molecule has 2 atom stereocenters. The Hall–Kier alpha value is -0.280. The summed E-state index contributed by atoms with van der Waals surface area (Å²) in [5, 5.41) is 14.0. The lowest BCUT2D eigenvalue weighted by Crippen LogP contribution is -2.23. The van der Waals surface area contributed by atoms with Gasteiger partial charge in [0, 0.05) is 16.1 Å². The van der Waals surface area contributed by atoms with Crippen LogP contribution in [0.2, 0.25) is 10.0 Å². The highest BCUT2D eigenvalue weighted by Gasteiger charge is 2.12. The van der Waals surface area contributed by atoms with E-state index >= 15 is 0 Å². The van der Waals surface area contributed by atoms with Crippen LogP contribution in [-0.4, -0.2) is 17.8 Å². The molecule has 0 aliphatic carbocycles. The molecule has 0 aromatic heterocycles. The largest absolute Gasteiger partial charge is 0.393 e. The van der Waals surface area contributed by atoms with Gasteiger partial charge in [-0.15, -0.1) is 0 Å². The van der Waals surface area contributed by atoms with Gasteiger partial charge < -0.3 is 10.4 Å². The first kappa shape index (κ1) is 15.8. The number of benzene rings is 1. The summed E-state index contributed by atoms with van der Waals surface area (Å²) in [5.41, 5.74) is 1.08. The van der Waals surface area contributed by atoms with Crippen LogP contribution in [0.15, 0.2) is 18.2 Å². The molecule has 0 heterocycles. The fraction of sp³-hybridized carbons (Fsp3) is 0.571. The molecule has 1 aromatic rings. The molecule has 0 fully saturated rings. The second-order valence-electron chi connectivity index (χ2n) is 4.57. The molecule has 2 nitrogen and oxygen atoms in total. The number of rotatable bonds is 7. The Bertz CT molecular complexity index is 369. The summed E-state index contributed by atoms with van der Waals surface area (Å²) in [5.74, 6) is 0. The van der Waals surface area contributed by atoms with E-state index in [0.29, 0.717) is 10.0 Å². The Labute approximate surface area is 119 Å². The molecular formula is C14H21Cl2NO. The molecule has 0 saturated heterocycles. The third-order valence-corrected chi connectivity index (χ3v) is 3.50. The lowest BCUT2D eigenvalue weighted by molar-refractivity contribution is 0.181. The zero-order valence-corrected chi connectivity index (χ0v) is 12.4. The summed E-state index contributed by atoms with van der Waals surface area (Å²) in [7, 11) is 0. The molecule has 1 rings (SSSR count). The van der Waals surface area contributed by atoms with E-state index in [9.17, 15) is 5.11 Å². The molecular weight excluding hydrogens is 269 g/mol. The van der Waals surface area contributed by atoms with Gasteiger partial charge in [-0.25, -0.2) is 0 Å².